The van der Waals surface area contributed by atoms with Gasteiger partial charge in [-0.05, 0) is 12.2 Å². The lowest BCUT2D eigenvalue weighted by Crippen LogP contribution is -2.46. The third-order valence-corrected chi connectivity index (χ3v) is 5.40. The number of benzene rings is 1. The van der Waals surface area contributed by atoms with Crippen molar-refractivity contribution < 1.29 is 14.1 Å². The van der Waals surface area contributed by atoms with Gasteiger partial charge in [0.15, 0.2) is 5.76 Å². The number of imide groups is 1. The van der Waals surface area contributed by atoms with Crippen LogP contribution in [0, 0.1) is 0 Å². The highest BCUT2D eigenvalue weighted by Gasteiger charge is 2.53. The Balaban J connectivity index is 1.54. The molecular weight excluding hydrogens is 314 g/mol. The molecule has 1 aromatic carbocycles. The van der Waals surface area contributed by atoms with Gasteiger partial charge in [-0.25, -0.2) is 4.79 Å². The number of urea groups is 1. The highest BCUT2D eigenvalue weighted by Crippen LogP contribution is 2.34. The Hall–Kier alpha value is -2.28. The van der Waals surface area contributed by atoms with Crippen LogP contribution in [0.2, 0.25) is 0 Å². The van der Waals surface area contributed by atoms with Gasteiger partial charge in [-0.1, -0.05) is 35.5 Å². The van der Waals surface area contributed by atoms with Gasteiger partial charge in [0.1, 0.15) is 11.2 Å². The predicted molar refractivity (Wildman–Crippen MR) is 85.7 cm³/mol. The standard InChI is InChI=1S/C16H15N3O3S/c20-14-16(6-7-23-10-16)17-15(21)19(14)9-12-8-13(18-22-12)11-4-2-1-3-5-11/h1-5,8H,6-7,9-10H2,(H,17,21). The van der Waals surface area contributed by atoms with Gasteiger partial charge < -0.3 is 9.84 Å². The summed E-state index contributed by atoms with van der Waals surface area (Å²) in [6.45, 7) is 0.108. The van der Waals surface area contributed by atoms with E-state index < -0.39 is 5.54 Å². The minimum atomic E-state index is -0.718. The van der Waals surface area contributed by atoms with E-state index in [1.165, 1.54) is 4.90 Å². The molecule has 2 aromatic rings. The molecule has 0 saturated carbocycles. The maximum atomic E-state index is 12.6. The molecule has 23 heavy (non-hydrogen) atoms. The average Bonchev–Trinajstić information content (AvgIpc) is 3.27. The van der Waals surface area contributed by atoms with Crippen LogP contribution in [0.15, 0.2) is 40.9 Å². The molecule has 1 atom stereocenters. The number of nitrogens with one attached hydrogen (secondary N) is 1. The van der Waals surface area contributed by atoms with E-state index in [4.69, 9.17) is 4.52 Å². The molecule has 1 spiro atoms. The van der Waals surface area contributed by atoms with Crippen molar-refractivity contribution in [3.05, 3.63) is 42.2 Å². The van der Waals surface area contributed by atoms with Crippen molar-refractivity contribution in [1.29, 1.82) is 0 Å². The van der Waals surface area contributed by atoms with Crippen molar-refractivity contribution in [2.45, 2.75) is 18.5 Å². The quantitative estimate of drug-likeness (QED) is 0.874. The molecule has 0 bridgehead atoms. The number of nitrogens with zero attached hydrogens (tertiary/aromatic N) is 2. The fourth-order valence-electron chi connectivity index (χ4n) is 2.94. The van der Waals surface area contributed by atoms with Gasteiger partial charge in [0.25, 0.3) is 5.91 Å². The first-order chi connectivity index (χ1) is 11.2. The molecule has 2 aliphatic heterocycles. The monoisotopic (exact) mass is 329 g/mol. The summed E-state index contributed by atoms with van der Waals surface area (Å²) >= 11 is 1.69. The second-order valence-electron chi connectivity index (χ2n) is 5.75. The highest BCUT2D eigenvalue weighted by atomic mass is 32.2. The SMILES string of the molecule is O=C1NC2(CCSC2)C(=O)N1Cc1cc(-c2ccccc2)no1. The number of carbonyl (C=O) groups is 2. The predicted octanol–water partition coefficient (Wildman–Crippen LogP) is 2.27. The smallest absolute Gasteiger partial charge is 0.325 e. The summed E-state index contributed by atoms with van der Waals surface area (Å²) in [6.07, 6.45) is 0.685. The van der Waals surface area contributed by atoms with E-state index in [1.54, 1.807) is 17.8 Å². The van der Waals surface area contributed by atoms with Crippen molar-refractivity contribution in [1.82, 2.24) is 15.4 Å². The molecule has 2 saturated heterocycles. The second-order valence-corrected chi connectivity index (χ2v) is 6.86. The fourth-order valence-corrected chi connectivity index (χ4v) is 4.27. The lowest BCUT2D eigenvalue weighted by atomic mass is 9.99. The molecule has 2 aliphatic rings. The average molecular weight is 329 g/mol. The van der Waals surface area contributed by atoms with E-state index in [0.717, 1.165) is 11.3 Å². The number of aromatic nitrogens is 1. The largest absolute Gasteiger partial charge is 0.359 e. The minimum Gasteiger partial charge on any atom is -0.359 e. The molecule has 118 valence electrons. The van der Waals surface area contributed by atoms with Crippen molar-refractivity contribution >= 4 is 23.7 Å². The summed E-state index contributed by atoms with van der Waals surface area (Å²) in [5.74, 6) is 1.86. The molecule has 1 unspecified atom stereocenters. The van der Waals surface area contributed by atoms with Gasteiger partial charge in [0, 0.05) is 17.4 Å². The van der Waals surface area contributed by atoms with E-state index in [1.807, 2.05) is 30.3 Å². The van der Waals surface area contributed by atoms with E-state index in [2.05, 4.69) is 10.5 Å². The molecule has 3 amide bonds. The Bertz CT molecular complexity index is 753. The summed E-state index contributed by atoms with van der Waals surface area (Å²) in [6, 6.07) is 11.0. The Labute approximate surface area is 137 Å². The van der Waals surface area contributed by atoms with Crippen LogP contribution in [0.25, 0.3) is 11.3 Å². The minimum absolute atomic E-state index is 0.108. The number of amides is 3. The zero-order valence-electron chi connectivity index (χ0n) is 12.3. The summed E-state index contributed by atoms with van der Waals surface area (Å²) in [5, 5.41) is 6.86. The zero-order chi connectivity index (χ0) is 15.9. The maximum Gasteiger partial charge on any atom is 0.325 e. The fraction of sp³-hybridized carbons (Fsp3) is 0.312. The lowest BCUT2D eigenvalue weighted by Gasteiger charge is -2.18. The molecule has 0 aliphatic carbocycles. The summed E-state index contributed by atoms with van der Waals surface area (Å²) < 4.78 is 5.30. The molecule has 7 heteroatoms. The molecule has 3 heterocycles. The third-order valence-electron chi connectivity index (χ3n) is 4.21. The number of thioether (sulfide) groups is 1. The van der Waals surface area contributed by atoms with E-state index >= 15 is 0 Å². The number of rotatable bonds is 3. The van der Waals surface area contributed by atoms with Gasteiger partial charge in [0.05, 0.1) is 6.54 Å². The van der Waals surface area contributed by atoms with Crippen LogP contribution in [0.1, 0.15) is 12.2 Å². The van der Waals surface area contributed by atoms with E-state index in [9.17, 15) is 9.59 Å². The molecule has 2 fully saturated rings. The molecular formula is C16H15N3O3S. The van der Waals surface area contributed by atoms with Gasteiger partial charge in [-0.15, -0.1) is 0 Å². The number of hydrogen-bond donors (Lipinski definition) is 1. The number of hydrogen-bond acceptors (Lipinski definition) is 5. The number of carbonyl (C=O) groups excluding carboxylic acids is 2. The van der Waals surface area contributed by atoms with Gasteiger partial charge >= 0.3 is 6.03 Å². The summed E-state index contributed by atoms with van der Waals surface area (Å²) in [4.78, 5) is 26.0. The van der Waals surface area contributed by atoms with Crippen LogP contribution >= 0.6 is 11.8 Å². The van der Waals surface area contributed by atoms with Gasteiger partial charge in [-0.3, -0.25) is 9.69 Å². The molecule has 6 nitrogen and oxygen atoms in total. The first kappa shape index (κ1) is 14.3. The summed E-state index contributed by atoms with van der Waals surface area (Å²) in [5.41, 5.74) is 0.909. The second kappa shape index (κ2) is 5.42. The molecule has 1 aromatic heterocycles. The van der Waals surface area contributed by atoms with Crippen LogP contribution in [0.3, 0.4) is 0 Å². The van der Waals surface area contributed by atoms with Crippen LogP contribution in [0.5, 0.6) is 0 Å². The Kier molecular flexibility index (Phi) is 3.37. The third kappa shape index (κ3) is 2.41. The first-order valence-corrected chi connectivity index (χ1v) is 8.56. The topological polar surface area (TPSA) is 75.4 Å². The van der Waals surface area contributed by atoms with E-state index in [-0.39, 0.29) is 18.5 Å². The lowest BCUT2D eigenvalue weighted by molar-refractivity contribution is -0.131. The van der Waals surface area contributed by atoms with Crippen molar-refractivity contribution in [3.63, 3.8) is 0 Å². The van der Waals surface area contributed by atoms with Gasteiger partial charge in [0.2, 0.25) is 0 Å². The van der Waals surface area contributed by atoms with Crippen LogP contribution in [0.4, 0.5) is 4.79 Å². The first-order valence-electron chi connectivity index (χ1n) is 7.41. The van der Waals surface area contributed by atoms with Crippen molar-refractivity contribution in [2.75, 3.05) is 11.5 Å². The molecule has 4 rings (SSSR count). The van der Waals surface area contributed by atoms with Crippen molar-refractivity contribution in [2.24, 2.45) is 0 Å². The summed E-state index contributed by atoms with van der Waals surface area (Å²) in [7, 11) is 0. The normalized spacial score (nSPS) is 23.7. The van der Waals surface area contributed by atoms with E-state index in [0.29, 0.717) is 23.6 Å². The Morgan fingerprint density at radius 1 is 1.30 bits per heavy atom. The molecule has 0 radical (unpaired) electrons. The highest BCUT2D eigenvalue weighted by molar-refractivity contribution is 7.99. The van der Waals surface area contributed by atoms with Gasteiger partial charge in [-0.2, -0.15) is 11.8 Å². The maximum absolute atomic E-state index is 12.6. The van der Waals surface area contributed by atoms with Crippen LogP contribution in [-0.4, -0.2) is 39.0 Å². The van der Waals surface area contributed by atoms with Crippen LogP contribution < -0.4 is 5.32 Å². The Morgan fingerprint density at radius 2 is 2.13 bits per heavy atom. The van der Waals surface area contributed by atoms with Crippen molar-refractivity contribution in [3.8, 4) is 11.3 Å². The Morgan fingerprint density at radius 3 is 2.87 bits per heavy atom. The molecule has 1 N–H and O–H groups in total. The zero-order valence-corrected chi connectivity index (χ0v) is 13.1. The van der Waals surface area contributed by atoms with Crippen LogP contribution in [-0.2, 0) is 11.3 Å².